The van der Waals surface area contributed by atoms with Gasteiger partial charge in [0.25, 0.3) is 0 Å². The van der Waals surface area contributed by atoms with E-state index in [-0.39, 0.29) is 19.3 Å². The second-order valence-corrected chi connectivity index (χ2v) is 9.98. The van der Waals surface area contributed by atoms with Crippen molar-refractivity contribution in [3.05, 3.63) is 0 Å². The van der Waals surface area contributed by atoms with E-state index in [1.807, 2.05) is 0 Å². The summed E-state index contributed by atoms with van der Waals surface area (Å²) in [5.41, 5.74) is -1.48. The molecular weight excluding hydrogens is 374 g/mol. The standard InChI is InChI=1S/C13H18BO7PS2/c1-3-4-17-9-6-23-24-7-10(9)20-22(16)18-5-8-11(21-22)13(2,15)12(14)19-8/h1,8-12,15H,4-7H2,2H3/t8-,9-,10-,11-,12-,13-,22-/m1/s1. The molecule has 0 spiro atoms. The fourth-order valence-electron chi connectivity index (χ4n) is 2.65. The minimum atomic E-state index is -3.88. The van der Waals surface area contributed by atoms with Crippen molar-refractivity contribution >= 4 is 37.3 Å². The van der Waals surface area contributed by atoms with Crippen LogP contribution < -0.4 is 0 Å². The molecule has 0 aromatic heterocycles. The van der Waals surface area contributed by atoms with E-state index in [0.717, 1.165) is 0 Å². The summed E-state index contributed by atoms with van der Waals surface area (Å²) in [5.74, 6) is 3.61. The van der Waals surface area contributed by atoms with E-state index < -0.39 is 37.7 Å². The molecule has 7 nitrogen and oxygen atoms in total. The molecule has 0 amide bonds. The van der Waals surface area contributed by atoms with E-state index in [9.17, 15) is 9.67 Å². The lowest BCUT2D eigenvalue weighted by molar-refractivity contribution is -0.0906. The van der Waals surface area contributed by atoms with Crippen molar-refractivity contribution in [3.8, 4) is 12.3 Å². The Morgan fingerprint density at radius 3 is 2.88 bits per heavy atom. The highest BCUT2D eigenvalue weighted by molar-refractivity contribution is 8.76. The quantitative estimate of drug-likeness (QED) is 0.325. The average molecular weight is 392 g/mol. The number of aliphatic hydroxyl groups is 1. The second-order valence-electron chi connectivity index (χ2n) is 5.86. The molecular formula is C13H18BO7PS2. The normalized spacial score (nSPS) is 48.6. The third-order valence-electron chi connectivity index (χ3n) is 4.06. The predicted octanol–water partition coefficient (Wildman–Crippen LogP) is 0.953. The van der Waals surface area contributed by atoms with Gasteiger partial charge in [-0.2, -0.15) is 0 Å². The molecule has 2 radical (unpaired) electrons. The monoisotopic (exact) mass is 392 g/mol. The van der Waals surface area contributed by atoms with Crippen LogP contribution in [0.15, 0.2) is 0 Å². The third-order valence-corrected chi connectivity index (χ3v) is 7.95. The van der Waals surface area contributed by atoms with Gasteiger partial charge >= 0.3 is 7.82 Å². The van der Waals surface area contributed by atoms with E-state index >= 15 is 0 Å². The Kier molecular flexibility index (Phi) is 5.97. The minimum Gasteiger partial charge on any atom is -0.385 e. The molecule has 0 aliphatic carbocycles. The predicted molar refractivity (Wildman–Crippen MR) is 91.8 cm³/mol. The molecule has 0 aromatic carbocycles. The van der Waals surface area contributed by atoms with Gasteiger partial charge in [-0.05, 0) is 6.92 Å². The molecule has 0 aromatic rings. The highest BCUT2D eigenvalue weighted by atomic mass is 33.1. The van der Waals surface area contributed by atoms with Crippen molar-refractivity contribution in [2.45, 2.75) is 42.9 Å². The van der Waals surface area contributed by atoms with Gasteiger partial charge in [-0.1, -0.05) is 27.5 Å². The summed E-state index contributed by atoms with van der Waals surface area (Å²) in [6.45, 7) is 1.59. The molecule has 11 heteroatoms. The summed E-state index contributed by atoms with van der Waals surface area (Å²) < 4.78 is 40.2. The Bertz CT molecular complexity index is 557. The maximum atomic E-state index is 12.9. The number of fused-ring (bicyclic) bond motifs is 1. The van der Waals surface area contributed by atoms with Gasteiger partial charge in [-0.25, -0.2) is 4.57 Å². The van der Waals surface area contributed by atoms with Gasteiger partial charge in [0.1, 0.15) is 38.4 Å². The summed E-state index contributed by atoms with van der Waals surface area (Å²) in [6, 6.07) is -0.948. The molecule has 3 aliphatic rings. The van der Waals surface area contributed by atoms with Crippen molar-refractivity contribution in [3.63, 3.8) is 0 Å². The van der Waals surface area contributed by atoms with Crippen LogP contribution in [0.1, 0.15) is 6.92 Å². The van der Waals surface area contributed by atoms with Crippen LogP contribution in [0.5, 0.6) is 0 Å². The van der Waals surface area contributed by atoms with Crippen molar-refractivity contribution in [2.24, 2.45) is 0 Å². The zero-order valence-electron chi connectivity index (χ0n) is 13.0. The fourth-order valence-corrected chi connectivity index (χ4v) is 6.85. The van der Waals surface area contributed by atoms with Gasteiger partial charge in [0.05, 0.1) is 12.7 Å². The largest absolute Gasteiger partial charge is 0.475 e. The van der Waals surface area contributed by atoms with Crippen LogP contribution in [0.25, 0.3) is 0 Å². The van der Waals surface area contributed by atoms with Crippen molar-refractivity contribution < 1.29 is 32.7 Å². The number of ether oxygens (including phenoxy) is 2. The van der Waals surface area contributed by atoms with Crippen molar-refractivity contribution in [1.29, 1.82) is 0 Å². The molecule has 3 saturated heterocycles. The van der Waals surface area contributed by atoms with Gasteiger partial charge in [0.2, 0.25) is 0 Å². The first-order valence-corrected chi connectivity index (χ1v) is 11.3. The van der Waals surface area contributed by atoms with Crippen LogP contribution in [0, 0.1) is 12.3 Å². The fraction of sp³-hybridized carbons (Fsp3) is 0.846. The van der Waals surface area contributed by atoms with Gasteiger partial charge in [0, 0.05) is 17.5 Å². The Balaban J connectivity index is 1.68. The van der Waals surface area contributed by atoms with Crippen LogP contribution in [-0.2, 0) is 27.6 Å². The maximum absolute atomic E-state index is 12.9. The molecule has 0 unspecified atom stereocenters. The molecule has 0 saturated carbocycles. The Hall–Kier alpha value is 0.315. The van der Waals surface area contributed by atoms with E-state index in [1.54, 1.807) is 21.6 Å². The first-order chi connectivity index (χ1) is 11.4. The lowest BCUT2D eigenvalue weighted by Gasteiger charge is -2.38. The average Bonchev–Trinajstić information content (AvgIpc) is 2.76. The van der Waals surface area contributed by atoms with Gasteiger partial charge in [-0.3, -0.25) is 13.6 Å². The molecule has 24 heavy (non-hydrogen) atoms. The maximum Gasteiger partial charge on any atom is 0.475 e. The van der Waals surface area contributed by atoms with Crippen LogP contribution in [0.4, 0.5) is 0 Å². The topological polar surface area (TPSA) is 83.5 Å². The van der Waals surface area contributed by atoms with Crippen LogP contribution in [-0.4, -0.2) is 73.7 Å². The Labute approximate surface area is 150 Å². The van der Waals surface area contributed by atoms with Crippen LogP contribution in [0.3, 0.4) is 0 Å². The zero-order valence-corrected chi connectivity index (χ0v) is 15.6. The first-order valence-electron chi connectivity index (χ1n) is 7.40. The second kappa shape index (κ2) is 7.51. The van der Waals surface area contributed by atoms with Gasteiger partial charge in [-0.15, -0.1) is 6.42 Å². The van der Waals surface area contributed by atoms with E-state index in [4.69, 9.17) is 37.3 Å². The summed E-state index contributed by atoms with van der Waals surface area (Å²) in [6.07, 6.45) is 2.93. The highest BCUT2D eigenvalue weighted by Gasteiger charge is 2.58. The molecule has 1 N–H and O–H groups in total. The Morgan fingerprint density at radius 1 is 1.46 bits per heavy atom. The van der Waals surface area contributed by atoms with Crippen LogP contribution in [0.2, 0.25) is 0 Å². The Morgan fingerprint density at radius 2 is 2.17 bits per heavy atom. The number of phosphoric acid groups is 1. The summed E-state index contributed by atoms with van der Waals surface area (Å²) in [5, 5.41) is 10.4. The molecule has 132 valence electrons. The van der Waals surface area contributed by atoms with E-state index in [2.05, 4.69) is 5.92 Å². The lowest BCUT2D eigenvalue weighted by atomic mass is 9.82. The highest BCUT2D eigenvalue weighted by Crippen LogP contribution is 2.58. The van der Waals surface area contributed by atoms with E-state index in [1.165, 1.54) is 6.92 Å². The number of hydrogen-bond donors (Lipinski definition) is 1. The number of terminal acetylenes is 1. The summed E-state index contributed by atoms with van der Waals surface area (Å²) >= 11 is 0. The van der Waals surface area contributed by atoms with Crippen molar-refractivity contribution in [1.82, 2.24) is 0 Å². The van der Waals surface area contributed by atoms with Crippen molar-refractivity contribution in [2.75, 3.05) is 24.7 Å². The molecule has 3 fully saturated rings. The molecule has 3 rings (SSSR count). The number of rotatable bonds is 4. The summed E-state index contributed by atoms with van der Waals surface area (Å²) in [7, 11) is 5.07. The molecule has 3 aliphatic heterocycles. The van der Waals surface area contributed by atoms with E-state index in [0.29, 0.717) is 11.5 Å². The molecule has 0 bridgehead atoms. The third kappa shape index (κ3) is 3.85. The summed E-state index contributed by atoms with van der Waals surface area (Å²) in [4.78, 5) is 0. The molecule has 7 atom stereocenters. The van der Waals surface area contributed by atoms with Crippen LogP contribution >= 0.6 is 29.4 Å². The SMILES string of the molecule is [B][C@@H]1O[C@@H]2CO[P@](=O)(O[C@@H]3CSSC[C@H]3OCC#C)O[C@H]2[C@@]1(C)O. The first kappa shape index (κ1) is 19.1. The number of phosphoric ester groups is 1. The minimum absolute atomic E-state index is 0.0315. The molecule has 3 heterocycles. The van der Waals surface area contributed by atoms with Gasteiger partial charge in [0.15, 0.2) is 0 Å². The lowest BCUT2D eigenvalue weighted by Crippen LogP contribution is -2.49. The zero-order chi connectivity index (χ0) is 17.4. The van der Waals surface area contributed by atoms with Gasteiger partial charge < -0.3 is 14.6 Å². The number of hydrogen-bond acceptors (Lipinski definition) is 9. The smallest absolute Gasteiger partial charge is 0.385 e.